The number of aromatic nitrogens is 3. The molecule has 0 unspecified atom stereocenters. The summed E-state index contributed by atoms with van der Waals surface area (Å²) < 4.78 is 94.9. The monoisotopic (exact) mass is 548 g/mol. The molecule has 1 amide bonds. The second kappa shape index (κ2) is 8.70. The highest BCUT2D eigenvalue weighted by Gasteiger charge is 2.43. The first kappa shape index (κ1) is 25.1. The van der Waals surface area contributed by atoms with Crippen LogP contribution in [0.25, 0.3) is 5.69 Å². The minimum atomic E-state index is -5.26. The Hall–Kier alpha value is -2.48. The van der Waals surface area contributed by atoms with Crippen LogP contribution in [0.4, 0.5) is 22.0 Å². The molecule has 7 nitrogen and oxygen atoms in total. The van der Waals surface area contributed by atoms with Crippen molar-refractivity contribution in [2.45, 2.75) is 18.0 Å². The fourth-order valence-corrected chi connectivity index (χ4v) is 4.69. The first-order valence-electron chi connectivity index (χ1n) is 8.34. The number of carbonyl (C=O) groups excluding carboxylic acids is 1. The average Bonchev–Trinajstić information content (AvgIpc) is 3.08. The van der Waals surface area contributed by atoms with Gasteiger partial charge in [0, 0.05) is 11.1 Å². The van der Waals surface area contributed by atoms with Crippen molar-refractivity contribution in [3.05, 3.63) is 67.9 Å². The number of rotatable bonds is 4. The Kier molecular flexibility index (Phi) is 6.63. The number of aryl methyl sites for hydroxylation is 1. The zero-order valence-corrected chi connectivity index (χ0v) is 18.9. The Morgan fingerprint density at radius 1 is 1.03 bits per heavy atom. The standard InChI is InChI=1S/C17H8Cl3F5N4O3S/c1-6-2-7(18)3-9(20)14(6)29-15(17(23,24)25)13(26-28-29)16(30)27-33(31,32)12-4-8(19)10(21)5-11(12)22/h2-5H,1H3,(H,27,30). The number of amides is 1. The van der Waals surface area contributed by atoms with Crippen LogP contribution >= 0.6 is 34.8 Å². The van der Waals surface area contributed by atoms with Gasteiger partial charge in [0.1, 0.15) is 16.5 Å². The molecule has 3 rings (SSSR count). The molecule has 16 heteroatoms. The van der Waals surface area contributed by atoms with E-state index in [-0.39, 0.29) is 32.0 Å². The number of alkyl halides is 3. The third kappa shape index (κ3) is 4.90. The van der Waals surface area contributed by atoms with Gasteiger partial charge in [-0.2, -0.15) is 13.2 Å². The molecule has 0 atom stereocenters. The first-order chi connectivity index (χ1) is 15.1. The first-order valence-corrected chi connectivity index (χ1v) is 11.0. The number of carbonyl (C=O) groups is 1. The van der Waals surface area contributed by atoms with E-state index < -0.39 is 55.0 Å². The molecular weight excluding hydrogens is 542 g/mol. The minimum absolute atomic E-state index is 0.110. The van der Waals surface area contributed by atoms with Crippen LogP contribution in [0, 0.1) is 18.6 Å². The van der Waals surface area contributed by atoms with Crippen LogP contribution in [-0.4, -0.2) is 29.3 Å². The number of hydrogen-bond donors (Lipinski definition) is 1. The van der Waals surface area contributed by atoms with Gasteiger partial charge in [-0.05, 0) is 30.7 Å². The van der Waals surface area contributed by atoms with Crippen molar-refractivity contribution in [3.63, 3.8) is 0 Å². The van der Waals surface area contributed by atoms with E-state index in [1.54, 1.807) is 0 Å². The molecule has 33 heavy (non-hydrogen) atoms. The van der Waals surface area contributed by atoms with Gasteiger partial charge in [0.25, 0.3) is 15.9 Å². The fourth-order valence-electron chi connectivity index (χ4n) is 2.74. The number of halogens is 8. The van der Waals surface area contributed by atoms with Gasteiger partial charge in [-0.25, -0.2) is 26.6 Å². The summed E-state index contributed by atoms with van der Waals surface area (Å²) in [5.41, 5.74) is -3.41. The fraction of sp³-hybridized carbons (Fsp3) is 0.118. The van der Waals surface area contributed by atoms with Crippen molar-refractivity contribution in [2.75, 3.05) is 0 Å². The molecule has 0 aliphatic carbocycles. The molecular formula is C17H8Cl3F5N4O3S. The lowest BCUT2D eigenvalue weighted by atomic mass is 10.2. The maximum Gasteiger partial charge on any atom is 0.435 e. The van der Waals surface area contributed by atoms with E-state index in [1.807, 2.05) is 0 Å². The lowest BCUT2D eigenvalue weighted by Gasteiger charge is -2.14. The summed E-state index contributed by atoms with van der Waals surface area (Å²) in [5.74, 6) is -4.83. The molecule has 0 spiro atoms. The Labute approximate surface area is 197 Å². The van der Waals surface area contributed by atoms with Crippen molar-refractivity contribution in [2.24, 2.45) is 0 Å². The highest BCUT2D eigenvalue weighted by Crippen LogP contribution is 2.36. The summed E-state index contributed by atoms with van der Waals surface area (Å²) >= 11 is 17.2. The molecule has 0 aliphatic rings. The number of sulfonamides is 1. The van der Waals surface area contributed by atoms with Gasteiger partial charge >= 0.3 is 6.18 Å². The van der Waals surface area contributed by atoms with Crippen LogP contribution in [0.1, 0.15) is 21.7 Å². The molecule has 0 bridgehead atoms. The van der Waals surface area contributed by atoms with Crippen molar-refractivity contribution in [1.29, 1.82) is 0 Å². The molecule has 0 saturated carbocycles. The molecule has 0 radical (unpaired) electrons. The van der Waals surface area contributed by atoms with Crippen LogP contribution in [0.3, 0.4) is 0 Å². The Morgan fingerprint density at radius 3 is 2.24 bits per heavy atom. The van der Waals surface area contributed by atoms with Crippen molar-refractivity contribution in [3.8, 4) is 5.69 Å². The van der Waals surface area contributed by atoms with Crippen LogP contribution < -0.4 is 4.72 Å². The van der Waals surface area contributed by atoms with Crippen LogP contribution in [-0.2, 0) is 16.2 Å². The maximum absolute atomic E-state index is 13.9. The molecule has 2 aromatic carbocycles. The summed E-state index contributed by atoms with van der Waals surface area (Å²) in [7, 11) is -5.13. The van der Waals surface area contributed by atoms with Gasteiger partial charge in [0.05, 0.1) is 15.7 Å². The smallest absolute Gasteiger partial charge is 0.266 e. The van der Waals surface area contributed by atoms with Gasteiger partial charge < -0.3 is 0 Å². The molecule has 0 fully saturated rings. The number of nitrogens with zero attached hydrogens (tertiary/aromatic N) is 3. The Balaban J connectivity index is 2.11. The largest absolute Gasteiger partial charge is 0.435 e. The van der Waals surface area contributed by atoms with E-state index in [2.05, 4.69) is 10.3 Å². The second-order valence-electron chi connectivity index (χ2n) is 6.38. The van der Waals surface area contributed by atoms with E-state index >= 15 is 0 Å². The molecule has 1 N–H and O–H groups in total. The summed E-state index contributed by atoms with van der Waals surface area (Å²) in [4.78, 5) is 11.2. The molecule has 0 aliphatic heterocycles. The van der Waals surface area contributed by atoms with Crippen LogP contribution in [0.15, 0.2) is 29.2 Å². The van der Waals surface area contributed by atoms with Crippen LogP contribution in [0.5, 0.6) is 0 Å². The third-order valence-corrected chi connectivity index (χ3v) is 6.22. The summed E-state index contributed by atoms with van der Waals surface area (Å²) in [6.07, 6.45) is -5.26. The van der Waals surface area contributed by atoms with Gasteiger partial charge in [-0.15, -0.1) is 5.10 Å². The predicted molar refractivity (Wildman–Crippen MR) is 107 cm³/mol. The average molecular weight is 550 g/mol. The number of benzene rings is 2. The zero-order chi connectivity index (χ0) is 24.9. The van der Waals surface area contributed by atoms with E-state index in [1.165, 1.54) is 17.7 Å². The van der Waals surface area contributed by atoms with E-state index in [9.17, 15) is 35.2 Å². The SMILES string of the molecule is Cc1cc(Cl)cc(Cl)c1-n1nnc(C(=O)NS(=O)(=O)c2cc(Cl)c(F)cc2F)c1C(F)(F)F. The predicted octanol–water partition coefficient (Wildman–Crippen LogP) is 4.95. The van der Waals surface area contributed by atoms with Gasteiger partial charge in [-0.3, -0.25) is 4.79 Å². The van der Waals surface area contributed by atoms with Gasteiger partial charge in [0.2, 0.25) is 0 Å². The number of hydrogen-bond acceptors (Lipinski definition) is 5. The van der Waals surface area contributed by atoms with Gasteiger partial charge in [0.15, 0.2) is 11.4 Å². The van der Waals surface area contributed by atoms with Crippen molar-refractivity contribution < 1.29 is 35.2 Å². The zero-order valence-electron chi connectivity index (χ0n) is 15.8. The molecule has 3 aromatic rings. The van der Waals surface area contributed by atoms with Crippen molar-refractivity contribution >= 4 is 50.7 Å². The summed E-state index contributed by atoms with van der Waals surface area (Å²) in [5, 5.41) is 5.47. The second-order valence-corrected chi connectivity index (χ2v) is 9.28. The lowest BCUT2D eigenvalue weighted by Crippen LogP contribution is -2.33. The van der Waals surface area contributed by atoms with Crippen LogP contribution in [0.2, 0.25) is 15.1 Å². The lowest BCUT2D eigenvalue weighted by molar-refractivity contribution is -0.143. The molecule has 0 saturated heterocycles. The van der Waals surface area contributed by atoms with E-state index in [0.29, 0.717) is 6.07 Å². The third-order valence-electron chi connectivity index (χ3n) is 4.08. The van der Waals surface area contributed by atoms with E-state index in [0.717, 1.165) is 6.07 Å². The highest BCUT2D eigenvalue weighted by molar-refractivity contribution is 7.90. The Bertz CT molecular complexity index is 1370. The maximum atomic E-state index is 13.9. The quantitative estimate of drug-likeness (QED) is 0.367. The summed E-state index contributed by atoms with van der Waals surface area (Å²) in [6.45, 7) is 1.36. The highest BCUT2D eigenvalue weighted by atomic mass is 35.5. The molecule has 1 heterocycles. The molecule has 1 aromatic heterocycles. The van der Waals surface area contributed by atoms with Gasteiger partial charge in [-0.1, -0.05) is 40.0 Å². The summed E-state index contributed by atoms with van der Waals surface area (Å²) in [6, 6.07) is 2.87. The molecule has 176 valence electrons. The number of nitrogens with one attached hydrogen (secondary N) is 1. The van der Waals surface area contributed by atoms with Crippen molar-refractivity contribution in [1.82, 2.24) is 19.7 Å². The van der Waals surface area contributed by atoms with E-state index in [4.69, 9.17) is 34.8 Å². The minimum Gasteiger partial charge on any atom is -0.266 e. The topological polar surface area (TPSA) is 93.9 Å². The Morgan fingerprint density at radius 2 is 1.67 bits per heavy atom. The normalized spacial score (nSPS) is 12.2.